The lowest BCUT2D eigenvalue weighted by Gasteiger charge is -2.23. The Labute approximate surface area is 135 Å². The number of nitrogens with one attached hydrogen (secondary N) is 1. The van der Waals surface area contributed by atoms with Crippen molar-refractivity contribution >= 4 is 0 Å². The van der Waals surface area contributed by atoms with Gasteiger partial charge in [0.2, 0.25) is 0 Å². The van der Waals surface area contributed by atoms with Crippen molar-refractivity contribution < 1.29 is 0 Å². The standard InChI is InChI=1S/C17H23N5O/c1-12-9-14(19-18-12)10-21-8-2-3-15(21)11-22-17(23)7-6-16(20-22)13-4-5-13/h6-7,9,13,15H,2-5,8,10-11H2,1H3,(H,18,19). The SMILES string of the molecule is Cc1cc(CN2CCCC2Cn2nc(C3CC3)ccc2=O)n[nH]1. The van der Waals surface area contributed by atoms with Crippen molar-refractivity contribution in [2.45, 2.75) is 57.7 Å². The molecule has 0 bridgehead atoms. The van der Waals surface area contributed by atoms with E-state index < -0.39 is 0 Å². The lowest BCUT2D eigenvalue weighted by molar-refractivity contribution is 0.214. The first kappa shape index (κ1) is 14.6. The van der Waals surface area contributed by atoms with Crippen molar-refractivity contribution in [3.05, 3.63) is 45.6 Å². The highest BCUT2D eigenvalue weighted by molar-refractivity contribution is 5.12. The minimum absolute atomic E-state index is 0.0110. The maximum Gasteiger partial charge on any atom is 0.266 e. The Morgan fingerprint density at radius 2 is 2.17 bits per heavy atom. The van der Waals surface area contributed by atoms with Gasteiger partial charge in [0.15, 0.2) is 0 Å². The highest BCUT2D eigenvalue weighted by Gasteiger charge is 2.28. The highest BCUT2D eigenvalue weighted by atomic mass is 16.1. The fourth-order valence-corrected chi connectivity index (χ4v) is 3.47. The van der Waals surface area contributed by atoms with E-state index in [4.69, 9.17) is 0 Å². The minimum Gasteiger partial charge on any atom is -0.293 e. The summed E-state index contributed by atoms with van der Waals surface area (Å²) in [6.07, 6.45) is 4.70. The van der Waals surface area contributed by atoms with Crippen LogP contribution in [0.25, 0.3) is 0 Å². The van der Waals surface area contributed by atoms with E-state index in [1.165, 1.54) is 19.3 Å². The lowest BCUT2D eigenvalue weighted by Crippen LogP contribution is -2.37. The number of aromatic amines is 1. The molecule has 2 aliphatic rings. The molecule has 1 unspecified atom stereocenters. The van der Waals surface area contributed by atoms with Crippen molar-refractivity contribution in [3.8, 4) is 0 Å². The third-order valence-electron chi connectivity index (χ3n) is 4.89. The van der Waals surface area contributed by atoms with E-state index in [0.29, 0.717) is 18.5 Å². The van der Waals surface area contributed by atoms with Gasteiger partial charge in [-0.3, -0.25) is 14.8 Å². The predicted molar refractivity (Wildman–Crippen MR) is 87.2 cm³/mol. The number of hydrogen-bond donors (Lipinski definition) is 1. The van der Waals surface area contributed by atoms with Crippen molar-refractivity contribution in [1.29, 1.82) is 0 Å². The van der Waals surface area contributed by atoms with Gasteiger partial charge in [-0.1, -0.05) is 0 Å². The van der Waals surface area contributed by atoms with E-state index in [2.05, 4.69) is 26.3 Å². The van der Waals surface area contributed by atoms with Gasteiger partial charge in [-0.15, -0.1) is 0 Å². The summed E-state index contributed by atoms with van der Waals surface area (Å²) in [5.74, 6) is 0.577. The van der Waals surface area contributed by atoms with Gasteiger partial charge in [0.1, 0.15) is 0 Å². The Kier molecular flexibility index (Phi) is 3.77. The molecule has 1 aliphatic heterocycles. The van der Waals surface area contributed by atoms with Gasteiger partial charge in [0.05, 0.1) is 17.9 Å². The third kappa shape index (κ3) is 3.22. The summed E-state index contributed by atoms with van der Waals surface area (Å²) in [4.78, 5) is 14.6. The zero-order chi connectivity index (χ0) is 15.8. The summed E-state index contributed by atoms with van der Waals surface area (Å²) in [7, 11) is 0. The molecule has 2 aromatic rings. The molecule has 0 aromatic carbocycles. The fourth-order valence-electron chi connectivity index (χ4n) is 3.47. The molecule has 0 radical (unpaired) electrons. The molecule has 3 heterocycles. The fraction of sp³-hybridized carbons (Fsp3) is 0.588. The molecule has 2 aromatic heterocycles. The average Bonchev–Trinajstić information content (AvgIpc) is 3.18. The van der Waals surface area contributed by atoms with Crippen LogP contribution in [0.5, 0.6) is 0 Å². The van der Waals surface area contributed by atoms with Crippen LogP contribution in [0.15, 0.2) is 23.0 Å². The predicted octanol–water partition coefficient (Wildman–Crippen LogP) is 1.82. The van der Waals surface area contributed by atoms with Crippen molar-refractivity contribution in [3.63, 3.8) is 0 Å². The number of aryl methyl sites for hydroxylation is 1. The van der Waals surface area contributed by atoms with E-state index in [0.717, 1.165) is 36.6 Å². The summed E-state index contributed by atoms with van der Waals surface area (Å²) in [5.41, 5.74) is 3.25. The zero-order valence-corrected chi connectivity index (χ0v) is 13.5. The van der Waals surface area contributed by atoms with Gasteiger partial charge in [-0.05, 0) is 51.3 Å². The van der Waals surface area contributed by atoms with Gasteiger partial charge in [-0.25, -0.2) is 4.68 Å². The summed E-state index contributed by atoms with van der Waals surface area (Å²) in [6, 6.07) is 6.03. The first-order chi connectivity index (χ1) is 11.2. The van der Waals surface area contributed by atoms with Crippen LogP contribution >= 0.6 is 0 Å². The van der Waals surface area contributed by atoms with Crippen LogP contribution in [0.3, 0.4) is 0 Å². The summed E-state index contributed by atoms with van der Waals surface area (Å²) < 4.78 is 1.67. The molecule has 23 heavy (non-hydrogen) atoms. The molecule has 1 aliphatic carbocycles. The molecule has 2 fully saturated rings. The first-order valence-electron chi connectivity index (χ1n) is 8.52. The summed E-state index contributed by atoms with van der Waals surface area (Å²) in [5, 5.41) is 11.9. The molecular weight excluding hydrogens is 290 g/mol. The molecule has 0 spiro atoms. The Morgan fingerprint density at radius 3 is 2.91 bits per heavy atom. The third-order valence-corrected chi connectivity index (χ3v) is 4.89. The number of rotatable bonds is 5. The molecule has 1 N–H and O–H groups in total. The smallest absolute Gasteiger partial charge is 0.266 e. The van der Waals surface area contributed by atoms with Gasteiger partial charge in [0, 0.05) is 30.3 Å². The second-order valence-corrected chi connectivity index (χ2v) is 6.86. The molecule has 6 nitrogen and oxygen atoms in total. The van der Waals surface area contributed by atoms with E-state index in [9.17, 15) is 4.79 Å². The lowest BCUT2D eigenvalue weighted by atomic mass is 10.2. The maximum atomic E-state index is 12.1. The van der Waals surface area contributed by atoms with Crippen LogP contribution in [-0.2, 0) is 13.1 Å². The van der Waals surface area contributed by atoms with Crippen LogP contribution in [0, 0.1) is 6.92 Å². The molecule has 1 atom stereocenters. The number of aromatic nitrogens is 4. The van der Waals surface area contributed by atoms with E-state index in [1.807, 2.05) is 13.0 Å². The number of likely N-dealkylation sites (tertiary alicyclic amines) is 1. The van der Waals surface area contributed by atoms with Crippen LogP contribution in [0.4, 0.5) is 0 Å². The maximum absolute atomic E-state index is 12.1. The quantitative estimate of drug-likeness (QED) is 0.914. The molecule has 1 saturated heterocycles. The molecule has 4 rings (SSSR count). The van der Waals surface area contributed by atoms with Gasteiger partial charge in [-0.2, -0.15) is 10.2 Å². The molecule has 0 amide bonds. The Bertz CT molecular complexity index is 745. The number of nitrogens with zero attached hydrogens (tertiary/aromatic N) is 4. The minimum atomic E-state index is 0.0110. The summed E-state index contributed by atoms with van der Waals surface area (Å²) >= 11 is 0. The molecule has 1 saturated carbocycles. The average molecular weight is 313 g/mol. The van der Waals surface area contributed by atoms with E-state index >= 15 is 0 Å². The monoisotopic (exact) mass is 313 g/mol. The van der Waals surface area contributed by atoms with Crippen LogP contribution in [-0.4, -0.2) is 37.5 Å². The molecule has 122 valence electrons. The topological polar surface area (TPSA) is 66.8 Å². The second-order valence-electron chi connectivity index (χ2n) is 6.86. The van der Waals surface area contributed by atoms with Gasteiger partial charge >= 0.3 is 0 Å². The van der Waals surface area contributed by atoms with E-state index in [-0.39, 0.29) is 5.56 Å². The molecular formula is C17H23N5O. The Hall–Kier alpha value is -1.95. The number of H-pyrrole nitrogens is 1. The van der Waals surface area contributed by atoms with Crippen molar-refractivity contribution in [2.75, 3.05) is 6.54 Å². The van der Waals surface area contributed by atoms with Gasteiger partial charge < -0.3 is 0 Å². The molecule has 6 heteroatoms. The van der Waals surface area contributed by atoms with E-state index in [1.54, 1.807) is 10.7 Å². The first-order valence-corrected chi connectivity index (χ1v) is 8.52. The Balaban J connectivity index is 1.48. The van der Waals surface area contributed by atoms with Crippen molar-refractivity contribution in [1.82, 2.24) is 24.9 Å². The highest BCUT2D eigenvalue weighted by Crippen LogP contribution is 2.38. The zero-order valence-electron chi connectivity index (χ0n) is 13.5. The van der Waals surface area contributed by atoms with Crippen LogP contribution in [0.2, 0.25) is 0 Å². The van der Waals surface area contributed by atoms with Crippen LogP contribution in [0.1, 0.15) is 48.7 Å². The van der Waals surface area contributed by atoms with Crippen molar-refractivity contribution in [2.24, 2.45) is 0 Å². The summed E-state index contributed by atoms with van der Waals surface area (Å²) in [6.45, 7) is 4.60. The second kappa shape index (κ2) is 5.92. The Morgan fingerprint density at radius 1 is 1.30 bits per heavy atom. The number of hydrogen-bond acceptors (Lipinski definition) is 4. The van der Waals surface area contributed by atoms with Gasteiger partial charge in [0.25, 0.3) is 5.56 Å². The normalized spacial score (nSPS) is 21.9. The van der Waals surface area contributed by atoms with Crippen LogP contribution < -0.4 is 5.56 Å². The largest absolute Gasteiger partial charge is 0.293 e.